The molecule has 1 aliphatic rings. The lowest BCUT2D eigenvalue weighted by Crippen LogP contribution is -2.32. The Balaban J connectivity index is 2.36. The lowest BCUT2D eigenvalue weighted by molar-refractivity contribution is -0.428. The van der Waals surface area contributed by atoms with Crippen molar-refractivity contribution in [1.29, 1.82) is 0 Å². The van der Waals surface area contributed by atoms with Crippen molar-refractivity contribution < 1.29 is 27.6 Å². The van der Waals surface area contributed by atoms with E-state index < -0.39 is 51.2 Å². The lowest BCUT2D eigenvalue weighted by Gasteiger charge is -2.28. The fourth-order valence-electron chi connectivity index (χ4n) is 3.64. The van der Waals surface area contributed by atoms with Gasteiger partial charge in [0.1, 0.15) is 29.1 Å². The van der Waals surface area contributed by atoms with E-state index in [1.807, 2.05) is 0 Å². The molecule has 0 saturated carbocycles. The molecule has 1 N–H and O–H groups in total. The van der Waals surface area contributed by atoms with Gasteiger partial charge in [0.25, 0.3) is 5.70 Å². The minimum absolute atomic E-state index is 0.0295. The van der Waals surface area contributed by atoms with E-state index in [0.717, 1.165) is 5.56 Å². The predicted molar refractivity (Wildman–Crippen MR) is 107 cm³/mol. The number of allylic oxidation sites excluding steroid dienone is 2. The molecule has 3 rings (SSSR count). The summed E-state index contributed by atoms with van der Waals surface area (Å²) in [7, 11) is 0. The highest BCUT2D eigenvalue weighted by molar-refractivity contribution is 5.94. The molecule has 1 aliphatic heterocycles. The summed E-state index contributed by atoms with van der Waals surface area (Å²) in [5.41, 5.74) is -0.704. The van der Waals surface area contributed by atoms with Crippen LogP contribution in [-0.4, -0.2) is 17.5 Å². The van der Waals surface area contributed by atoms with Gasteiger partial charge in [0.05, 0.1) is 22.7 Å². The van der Waals surface area contributed by atoms with Crippen LogP contribution in [0.15, 0.2) is 53.4 Å². The zero-order valence-electron chi connectivity index (χ0n) is 17.0. The third-order valence-corrected chi connectivity index (χ3v) is 4.86. The van der Waals surface area contributed by atoms with Crippen LogP contribution in [0.3, 0.4) is 0 Å². The number of benzene rings is 2. The first-order valence-corrected chi connectivity index (χ1v) is 9.40. The highest BCUT2D eigenvalue weighted by atomic mass is 19.1. The number of hydrogen-bond donors (Lipinski definition) is 1. The van der Waals surface area contributed by atoms with Gasteiger partial charge in [0.2, 0.25) is 0 Å². The van der Waals surface area contributed by atoms with Crippen molar-refractivity contribution in [3.63, 3.8) is 0 Å². The second-order valence-electron chi connectivity index (χ2n) is 6.99. The molecule has 0 radical (unpaired) electrons. The number of ether oxygens (including phenoxy) is 1. The van der Waals surface area contributed by atoms with E-state index >= 15 is 0 Å². The van der Waals surface area contributed by atoms with E-state index in [0.29, 0.717) is 17.7 Å². The Bertz CT molecular complexity index is 1120. The zero-order valence-corrected chi connectivity index (χ0v) is 17.0. The average molecular weight is 432 g/mol. The zero-order chi connectivity index (χ0) is 22.9. The van der Waals surface area contributed by atoms with E-state index in [2.05, 4.69) is 5.32 Å². The second-order valence-corrected chi connectivity index (χ2v) is 6.99. The van der Waals surface area contributed by atoms with Crippen LogP contribution in [0.2, 0.25) is 0 Å². The first-order chi connectivity index (χ1) is 14.6. The molecule has 31 heavy (non-hydrogen) atoms. The van der Waals surface area contributed by atoms with E-state index in [9.17, 15) is 28.1 Å². The number of dihydropyridines is 1. The van der Waals surface area contributed by atoms with Crippen molar-refractivity contribution >= 4 is 11.7 Å². The van der Waals surface area contributed by atoms with Gasteiger partial charge >= 0.3 is 5.97 Å². The third kappa shape index (κ3) is 4.16. The maximum absolute atomic E-state index is 14.5. The van der Waals surface area contributed by atoms with Crippen molar-refractivity contribution in [3.8, 4) is 0 Å². The number of nitrogens with zero attached hydrogens (tertiary/aromatic N) is 1. The first kappa shape index (κ1) is 22.1. The highest BCUT2D eigenvalue weighted by Crippen LogP contribution is 2.42. The van der Waals surface area contributed by atoms with E-state index in [4.69, 9.17) is 4.74 Å². The standard InChI is InChI=1S/C22H19F3N2O4/c1-4-31-22(28)17-12(3)26-20(19-15(24)9-14(23)10-16(19)25)21(27(29)30)18(17)13-7-5-6-11(2)8-13/h5-10,18,26H,4H2,1-3H3. The summed E-state index contributed by atoms with van der Waals surface area (Å²) >= 11 is 0. The SMILES string of the molecule is CCOC(=O)C1=C(C)NC(c2c(F)cc(F)cc2F)=C([N+](=O)[O-])C1c1cccc(C)c1. The molecular weight excluding hydrogens is 413 g/mol. The molecule has 2 aromatic carbocycles. The van der Waals surface area contributed by atoms with Crippen molar-refractivity contribution in [3.05, 3.63) is 97.6 Å². The number of nitrogens with one attached hydrogen (secondary N) is 1. The molecule has 1 unspecified atom stereocenters. The van der Waals surface area contributed by atoms with Gasteiger partial charge in [0, 0.05) is 17.8 Å². The maximum Gasteiger partial charge on any atom is 0.336 e. The van der Waals surface area contributed by atoms with Crippen molar-refractivity contribution in [1.82, 2.24) is 5.32 Å². The Kier molecular flexibility index (Phi) is 6.14. The largest absolute Gasteiger partial charge is 0.463 e. The summed E-state index contributed by atoms with van der Waals surface area (Å²) in [4.78, 5) is 24.0. The molecular formula is C22H19F3N2O4. The molecule has 162 valence electrons. The molecule has 1 heterocycles. The minimum Gasteiger partial charge on any atom is -0.463 e. The molecule has 0 aliphatic carbocycles. The predicted octanol–water partition coefficient (Wildman–Crippen LogP) is 4.58. The van der Waals surface area contributed by atoms with Crippen LogP contribution in [-0.2, 0) is 9.53 Å². The topological polar surface area (TPSA) is 81.5 Å². The molecule has 0 saturated heterocycles. The molecule has 0 spiro atoms. The molecule has 2 aromatic rings. The first-order valence-electron chi connectivity index (χ1n) is 9.40. The number of hydrogen-bond acceptors (Lipinski definition) is 5. The van der Waals surface area contributed by atoms with Crippen LogP contribution >= 0.6 is 0 Å². The summed E-state index contributed by atoms with van der Waals surface area (Å²) < 4.78 is 47.6. The van der Waals surface area contributed by atoms with Crippen LogP contribution in [0, 0.1) is 34.5 Å². The molecule has 1 atom stereocenters. The van der Waals surface area contributed by atoms with Crippen molar-refractivity contribution in [2.75, 3.05) is 6.61 Å². The van der Waals surface area contributed by atoms with E-state index in [1.165, 1.54) is 6.92 Å². The average Bonchev–Trinajstić information content (AvgIpc) is 2.66. The summed E-state index contributed by atoms with van der Waals surface area (Å²) in [6, 6.07) is 7.51. The summed E-state index contributed by atoms with van der Waals surface area (Å²) in [5, 5.41) is 14.7. The van der Waals surface area contributed by atoms with Gasteiger partial charge in [-0.15, -0.1) is 0 Å². The molecule has 0 bridgehead atoms. The fourth-order valence-corrected chi connectivity index (χ4v) is 3.64. The quantitative estimate of drug-likeness (QED) is 0.425. The molecule has 9 heteroatoms. The number of carbonyl (C=O) groups excluding carboxylic acids is 1. The normalized spacial score (nSPS) is 16.3. The Hall–Kier alpha value is -3.62. The third-order valence-electron chi connectivity index (χ3n) is 4.86. The van der Waals surface area contributed by atoms with Gasteiger partial charge in [-0.1, -0.05) is 29.8 Å². The number of nitro groups is 1. The smallest absolute Gasteiger partial charge is 0.336 e. The van der Waals surface area contributed by atoms with Crippen LogP contribution < -0.4 is 5.32 Å². The molecule has 6 nitrogen and oxygen atoms in total. The van der Waals surface area contributed by atoms with E-state index in [1.54, 1.807) is 38.1 Å². The summed E-state index contributed by atoms with van der Waals surface area (Å²) in [6.45, 7) is 4.83. The fraction of sp³-hybridized carbons (Fsp3) is 0.227. The van der Waals surface area contributed by atoms with Gasteiger partial charge in [-0.25, -0.2) is 18.0 Å². The van der Waals surface area contributed by atoms with Gasteiger partial charge in [-0.2, -0.15) is 0 Å². The van der Waals surface area contributed by atoms with E-state index in [-0.39, 0.29) is 17.9 Å². The van der Waals surface area contributed by atoms with Gasteiger partial charge in [0.15, 0.2) is 0 Å². The van der Waals surface area contributed by atoms with Crippen LogP contribution in [0.5, 0.6) is 0 Å². The van der Waals surface area contributed by atoms with Crippen molar-refractivity contribution in [2.24, 2.45) is 0 Å². The van der Waals surface area contributed by atoms with Crippen LogP contribution in [0.4, 0.5) is 13.2 Å². The summed E-state index contributed by atoms with van der Waals surface area (Å²) in [6.07, 6.45) is 0. The molecule has 0 aromatic heterocycles. The number of esters is 1. The van der Waals surface area contributed by atoms with Crippen LogP contribution in [0.25, 0.3) is 5.70 Å². The number of carbonyl (C=O) groups is 1. The van der Waals surface area contributed by atoms with Crippen molar-refractivity contribution in [2.45, 2.75) is 26.7 Å². The second kappa shape index (κ2) is 8.63. The molecule has 0 amide bonds. The van der Waals surface area contributed by atoms with Gasteiger partial charge in [-0.3, -0.25) is 10.1 Å². The monoisotopic (exact) mass is 432 g/mol. The maximum atomic E-state index is 14.5. The van der Waals surface area contributed by atoms with Gasteiger partial charge < -0.3 is 10.1 Å². The number of aryl methyl sites for hydroxylation is 1. The number of halogens is 3. The minimum atomic E-state index is -1.31. The number of rotatable bonds is 5. The van der Waals surface area contributed by atoms with Crippen LogP contribution in [0.1, 0.15) is 36.5 Å². The Morgan fingerprint density at radius 2 is 1.81 bits per heavy atom. The molecule has 0 fully saturated rings. The Morgan fingerprint density at radius 1 is 1.16 bits per heavy atom. The van der Waals surface area contributed by atoms with Gasteiger partial charge in [-0.05, 0) is 26.3 Å². The Labute approximate surface area is 176 Å². The highest BCUT2D eigenvalue weighted by Gasteiger charge is 2.43. The lowest BCUT2D eigenvalue weighted by atomic mass is 9.82. The Morgan fingerprint density at radius 3 is 2.35 bits per heavy atom. The summed E-state index contributed by atoms with van der Waals surface area (Å²) in [5.74, 6) is -5.84.